The fraction of sp³-hybridized carbons (Fsp3) is 0.400. The number of nitrogens with one attached hydrogen (secondary N) is 1. The molecule has 0 fully saturated rings. The van der Waals surface area contributed by atoms with Crippen LogP contribution >= 0.6 is 0 Å². The molecule has 0 aliphatic heterocycles. The van der Waals surface area contributed by atoms with Crippen molar-refractivity contribution >= 4 is 5.95 Å². The van der Waals surface area contributed by atoms with Crippen molar-refractivity contribution in [1.82, 2.24) is 14.9 Å². The number of hydrogen-bond acceptors (Lipinski definition) is 5. The third-order valence-corrected chi connectivity index (χ3v) is 3.14. The summed E-state index contributed by atoms with van der Waals surface area (Å²) in [4.78, 5) is 12.2. The molecule has 3 N–H and O–H groups in total. The Hall–Kier alpha value is -2.37. The molecule has 6 heteroatoms. The lowest BCUT2D eigenvalue weighted by Crippen LogP contribution is -2.38. The quantitative estimate of drug-likeness (QED) is 0.828. The predicted octanol–water partition coefficient (Wildman–Crippen LogP) is 1.30. The zero-order valence-corrected chi connectivity index (χ0v) is 12.6. The van der Waals surface area contributed by atoms with Gasteiger partial charge in [-0.05, 0) is 12.0 Å². The molecule has 2 aromatic rings. The Morgan fingerprint density at radius 1 is 1.19 bits per heavy atom. The van der Waals surface area contributed by atoms with Crippen LogP contribution in [0.3, 0.4) is 0 Å². The van der Waals surface area contributed by atoms with E-state index in [0.29, 0.717) is 12.2 Å². The van der Waals surface area contributed by atoms with Gasteiger partial charge < -0.3 is 11.2 Å². The molecule has 0 aliphatic carbocycles. The van der Waals surface area contributed by atoms with Gasteiger partial charge in [-0.1, -0.05) is 51.1 Å². The van der Waals surface area contributed by atoms with E-state index < -0.39 is 0 Å². The lowest BCUT2D eigenvalue weighted by molar-refractivity contribution is 0.538. The first-order chi connectivity index (χ1) is 9.89. The van der Waals surface area contributed by atoms with Gasteiger partial charge in [0.2, 0.25) is 5.95 Å². The first-order valence-corrected chi connectivity index (χ1v) is 6.92. The second-order valence-electron chi connectivity index (χ2n) is 5.96. The predicted molar refractivity (Wildman–Crippen MR) is 83.8 cm³/mol. The SMILES string of the molecule is CC(C)(C)c1nnc(NCCc2ccccc2)n(N)c1=O. The molecule has 1 aromatic carbocycles. The number of anilines is 1. The molecule has 2 rings (SSSR count). The van der Waals surface area contributed by atoms with Gasteiger partial charge in [-0.3, -0.25) is 4.79 Å². The van der Waals surface area contributed by atoms with Crippen LogP contribution in [0.2, 0.25) is 0 Å². The molecule has 0 saturated carbocycles. The van der Waals surface area contributed by atoms with Crippen LogP contribution in [0.4, 0.5) is 5.95 Å². The zero-order chi connectivity index (χ0) is 15.5. The number of rotatable bonds is 4. The molecule has 21 heavy (non-hydrogen) atoms. The highest BCUT2D eigenvalue weighted by Gasteiger charge is 2.22. The third kappa shape index (κ3) is 3.59. The van der Waals surface area contributed by atoms with Crippen molar-refractivity contribution in [2.45, 2.75) is 32.6 Å². The fourth-order valence-corrected chi connectivity index (χ4v) is 1.95. The lowest BCUT2D eigenvalue weighted by Gasteiger charge is -2.17. The van der Waals surface area contributed by atoms with Crippen LogP contribution in [-0.2, 0) is 11.8 Å². The van der Waals surface area contributed by atoms with Crippen LogP contribution in [0.15, 0.2) is 35.1 Å². The minimum atomic E-state index is -0.381. The van der Waals surface area contributed by atoms with Crippen molar-refractivity contribution in [1.29, 1.82) is 0 Å². The Morgan fingerprint density at radius 3 is 2.48 bits per heavy atom. The average Bonchev–Trinajstić information content (AvgIpc) is 2.43. The molecule has 6 nitrogen and oxygen atoms in total. The summed E-state index contributed by atoms with van der Waals surface area (Å²) in [7, 11) is 0. The van der Waals surface area contributed by atoms with Crippen LogP contribution in [0.1, 0.15) is 32.0 Å². The number of aromatic nitrogens is 3. The maximum absolute atomic E-state index is 12.2. The third-order valence-electron chi connectivity index (χ3n) is 3.14. The lowest BCUT2D eigenvalue weighted by atomic mass is 9.93. The maximum Gasteiger partial charge on any atom is 0.295 e. The zero-order valence-electron chi connectivity index (χ0n) is 12.6. The number of nitrogen functional groups attached to an aromatic ring is 1. The highest BCUT2D eigenvalue weighted by molar-refractivity contribution is 5.27. The second kappa shape index (κ2) is 5.95. The highest BCUT2D eigenvalue weighted by Crippen LogP contribution is 2.15. The average molecular weight is 287 g/mol. The summed E-state index contributed by atoms with van der Waals surface area (Å²) in [6.45, 7) is 6.34. The Balaban J connectivity index is 2.08. The second-order valence-corrected chi connectivity index (χ2v) is 5.96. The van der Waals surface area contributed by atoms with Crippen LogP contribution in [-0.4, -0.2) is 21.4 Å². The largest absolute Gasteiger partial charge is 0.353 e. The molecule has 0 spiro atoms. The van der Waals surface area contributed by atoms with E-state index in [1.54, 1.807) is 0 Å². The highest BCUT2D eigenvalue weighted by atomic mass is 16.1. The van der Waals surface area contributed by atoms with Crippen molar-refractivity contribution in [3.05, 3.63) is 51.9 Å². The van der Waals surface area contributed by atoms with Gasteiger partial charge in [-0.25, -0.2) is 0 Å². The van der Waals surface area contributed by atoms with Crippen LogP contribution in [0, 0.1) is 0 Å². The molecule has 0 radical (unpaired) electrons. The Morgan fingerprint density at radius 2 is 1.86 bits per heavy atom. The van der Waals surface area contributed by atoms with Crippen LogP contribution in [0.5, 0.6) is 0 Å². The molecule has 1 heterocycles. The van der Waals surface area contributed by atoms with Gasteiger partial charge in [0.15, 0.2) is 0 Å². The summed E-state index contributed by atoms with van der Waals surface area (Å²) in [6.07, 6.45) is 0.817. The van der Waals surface area contributed by atoms with Gasteiger partial charge in [0, 0.05) is 12.0 Å². The molecule has 0 aliphatic rings. The van der Waals surface area contributed by atoms with E-state index in [1.165, 1.54) is 5.56 Å². The standard InChI is InChI=1S/C15H21N5O/c1-15(2,3)12-13(21)20(16)14(19-18-12)17-10-9-11-7-5-4-6-8-11/h4-8H,9-10,16H2,1-3H3,(H,17,19). The number of nitrogens with two attached hydrogens (primary N) is 1. The Bertz CT molecular complexity index is 658. The monoisotopic (exact) mass is 287 g/mol. The van der Waals surface area contributed by atoms with Crippen molar-refractivity contribution in [3.63, 3.8) is 0 Å². The summed E-state index contributed by atoms with van der Waals surface area (Å²) in [5.74, 6) is 6.08. The fourth-order valence-electron chi connectivity index (χ4n) is 1.95. The Kier molecular flexibility index (Phi) is 4.26. The first kappa shape index (κ1) is 15.0. The molecule has 0 bridgehead atoms. The molecule has 0 amide bonds. The molecular formula is C15H21N5O. The smallest absolute Gasteiger partial charge is 0.295 e. The van der Waals surface area contributed by atoms with Gasteiger partial charge in [0.05, 0.1) is 0 Å². The minimum absolute atomic E-state index is 0.281. The van der Waals surface area contributed by atoms with E-state index in [4.69, 9.17) is 5.84 Å². The number of hydrogen-bond donors (Lipinski definition) is 2. The van der Waals surface area contributed by atoms with Gasteiger partial charge in [0.25, 0.3) is 5.56 Å². The van der Waals surface area contributed by atoms with Crippen LogP contribution in [0.25, 0.3) is 0 Å². The number of benzene rings is 1. The van der Waals surface area contributed by atoms with Gasteiger partial charge in [-0.2, -0.15) is 4.68 Å². The van der Waals surface area contributed by atoms with E-state index in [9.17, 15) is 4.79 Å². The summed E-state index contributed by atoms with van der Waals surface area (Å²) in [6, 6.07) is 10.1. The summed E-state index contributed by atoms with van der Waals surface area (Å²) < 4.78 is 1.03. The van der Waals surface area contributed by atoms with Crippen molar-refractivity contribution < 1.29 is 0 Å². The van der Waals surface area contributed by atoms with Crippen LogP contribution < -0.4 is 16.7 Å². The topological polar surface area (TPSA) is 85.8 Å². The maximum atomic E-state index is 12.2. The van der Waals surface area contributed by atoms with Crippen molar-refractivity contribution in [3.8, 4) is 0 Å². The van der Waals surface area contributed by atoms with E-state index in [-0.39, 0.29) is 16.9 Å². The van der Waals surface area contributed by atoms with Crippen molar-refractivity contribution in [2.24, 2.45) is 0 Å². The van der Waals surface area contributed by atoms with E-state index in [1.807, 2.05) is 51.1 Å². The molecule has 112 valence electrons. The molecular weight excluding hydrogens is 266 g/mol. The first-order valence-electron chi connectivity index (χ1n) is 6.92. The molecule has 0 unspecified atom stereocenters. The Labute approximate surface area is 124 Å². The van der Waals surface area contributed by atoms with Gasteiger partial charge >= 0.3 is 0 Å². The van der Waals surface area contributed by atoms with E-state index in [2.05, 4.69) is 15.5 Å². The molecule has 1 aromatic heterocycles. The van der Waals surface area contributed by atoms with Crippen molar-refractivity contribution in [2.75, 3.05) is 17.7 Å². The molecule has 0 atom stereocenters. The minimum Gasteiger partial charge on any atom is -0.353 e. The van der Waals surface area contributed by atoms with E-state index in [0.717, 1.165) is 11.1 Å². The molecule has 0 saturated heterocycles. The van der Waals surface area contributed by atoms with Gasteiger partial charge in [0.1, 0.15) is 5.69 Å². The normalized spacial score (nSPS) is 11.4. The number of nitrogens with zero attached hydrogens (tertiary/aromatic N) is 3. The summed E-state index contributed by atoms with van der Waals surface area (Å²) in [5.41, 5.74) is 0.863. The van der Waals surface area contributed by atoms with Gasteiger partial charge in [-0.15, -0.1) is 10.2 Å². The van der Waals surface area contributed by atoms with E-state index >= 15 is 0 Å². The summed E-state index contributed by atoms with van der Waals surface area (Å²) in [5, 5.41) is 11.1. The summed E-state index contributed by atoms with van der Waals surface area (Å²) >= 11 is 0.